The maximum Gasteiger partial charge on any atom is 0.170 e. The molecule has 0 amide bonds. The van der Waals surface area contributed by atoms with E-state index in [0.717, 1.165) is 11.3 Å². The number of rotatable bonds is 5. The van der Waals surface area contributed by atoms with Crippen molar-refractivity contribution in [2.45, 2.75) is 38.7 Å². The molecule has 0 fully saturated rings. The molecular weight excluding hydrogens is 244 g/mol. The Morgan fingerprint density at radius 3 is 2.56 bits per heavy atom. The average Bonchev–Trinajstić information content (AvgIpc) is 2.35. The molecule has 0 bridgehead atoms. The first-order valence-electron chi connectivity index (χ1n) is 6.14. The number of benzene rings is 1. The molecule has 0 aliphatic carbocycles. The zero-order chi connectivity index (χ0) is 13.7. The number of hydrogen-bond acceptors (Lipinski definition) is 3. The van der Waals surface area contributed by atoms with Crippen molar-refractivity contribution >= 4 is 17.6 Å². The molecule has 1 aromatic carbocycles. The van der Waals surface area contributed by atoms with Crippen LogP contribution in [-0.4, -0.2) is 16.3 Å². The summed E-state index contributed by atoms with van der Waals surface area (Å²) in [6, 6.07) is 5.92. The van der Waals surface area contributed by atoms with Gasteiger partial charge >= 0.3 is 0 Å². The molecule has 0 spiro atoms. The Bertz CT molecular complexity index is 430. The van der Waals surface area contributed by atoms with E-state index in [0.29, 0.717) is 11.2 Å². The summed E-state index contributed by atoms with van der Waals surface area (Å²) in [6.45, 7) is 8.80. The van der Waals surface area contributed by atoms with Gasteiger partial charge in [0.05, 0.1) is 0 Å². The molecule has 18 heavy (non-hydrogen) atoms. The van der Waals surface area contributed by atoms with Crippen molar-refractivity contribution in [1.29, 1.82) is 0 Å². The molecule has 4 heteroatoms. The number of thioether (sulfide) groups is 1. The van der Waals surface area contributed by atoms with E-state index in [9.17, 15) is 0 Å². The van der Waals surface area contributed by atoms with Crippen LogP contribution in [0.2, 0.25) is 0 Å². The summed E-state index contributed by atoms with van der Waals surface area (Å²) in [5.74, 6) is 1.85. The molecule has 3 N–H and O–H groups in total. The summed E-state index contributed by atoms with van der Waals surface area (Å²) < 4.78 is 0. The Kier molecular flexibility index (Phi) is 5.54. The molecule has 0 heterocycles. The molecule has 3 nitrogen and oxygen atoms in total. The minimum Gasteiger partial charge on any atom is -0.409 e. The molecular formula is C14H22N2OS. The summed E-state index contributed by atoms with van der Waals surface area (Å²) >= 11 is 1.96. The molecule has 0 saturated heterocycles. The van der Waals surface area contributed by atoms with Gasteiger partial charge in [0.15, 0.2) is 5.84 Å². The highest BCUT2D eigenvalue weighted by molar-refractivity contribution is 7.99. The highest BCUT2D eigenvalue weighted by Gasteiger charge is 2.09. The van der Waals surface area contributed by atoms with Gasteiger partial charge in [-0.15, -0.1) is 0 Å². The van der Waals surface area contributed by atoms with Crippen molar-refractivity contribution < 1.29 is 5.21 Å². The quantitative estimate of drug-likeness (QED) is 0.372. The van der Waals surface area contributed by atoms with Gasteiger partial charge < -0.3 is 10.9 Å². The van der Waals surface area contributed by atoms with Crippen molar-refractivity contribution in [1.82, 2.24) is 0 Å². The smallest absolute Gasteiger partial charge is 0.170 e. The van der Waals surface area contributed by atoms with Crippen LogP contribution in [-0.2, 0) is 5.75 Å². The van der Waals surface area contributed by atoms with Gasteiger partial charge in [-0.3, -0.25) is 0 Å². The van der Waals surface area contributed by atoms with Gasteiger partial charge in [0.2, 0.25) is 0 Å². The summed E-state index contributed by atoms with van der Waals surface area (Å²) in [5, 5.41) is 12.3. The van der Waals surface area contributed by atoms with Gasteiger partial charge in [-0.2, -0.15) is 11.8 Å². The topological polar surface area (TPSA) is 58.6 Å². The Balaban J connectivity index is 2.74. The molecule has 0 radical (unpaired) electrons. The highest BCUT2D eigenvalue weighted by atomic mass is 32.2. The van der Waals surface area contributed by atoms with Crippen LogP contribution >= 0.6 is 11.8 Å². The maximum atomic E-state index is 8.64. The minimum absolute atomic E-state index is 0.160. The molecule has 100 valence electrons. The molecule has 1 rings (SSSR count). The van der Waals surface area contributed by atoms with Crippen LogP contribution in [0.4, 0.5) is 0 Å². The number of hydrogen-bond donors (Lipinski definition) is 2. The fourth-order valence-corrected chi connectivity index (χ4v) is 2.64. The van der Waals surface area contributed by atoms with E-state index in [2.05, 4.69) is 38.9 Å². The number of aryl methyl sites for hydroxylation is 1. The van der Waals surface area contributed by atoms with Crippen LogP contribution in [0.15, 0.2) is 23.4 Å². The van der Waals surface area contributed by atoms with Crippen LogP contribution in [0.5, 0.6) is 0 Å². The zero-order valence-corrected chi connectivity index (χ0v) is 12.3. The third kappa shape index (κ3) is 3.95. The van der Waals surface area contributed by atoms with E-state index < -0.39 is 0 Å². The van der Waals surface area contributed by atoms with Crippen LogP contribution in [0.1, 0.15) is 37.5 Å². The summed E-state index contributed by atoms with van der Waals surface area (Å²) in [6.07, 6.45) is 0. The van der Waals surface area contributed by atoms with E-state index in [1.165, 1.54) is 11.1 Å². The van der Waals surface area contributed by atoms with Crippen molar-refractivity contribution in [3.05, 3.63) is 34.9 Å². The monoisotopic (exact) mass is 266 g/mol. The van der Waals surface area contributed by atoms with Gasteiger partial charge in [0.1, 0.15) is 0 Å². The lowest BCUT2D eigenvalue weighted by Crippen LogP contribution is -2.13. The number of oxime groups is 1. The SMILES string of the molecule is Cc1cc(/C(N)=N/O)ccc1CSC(C)C(C)C. The lowest BCUT2D eigenvalue weighted by atomic mass is 10.1. The molecule has 0 saturated carbocycles. The van der Waals surface area contributed by atoms with Crippen molar-refractivity contribution in [3.8, 4) is 0 Å². The first-order chi connectivity index (χ1) is 8.45. The minimum atomic E-state index is 0.160. The largest absolute Gasteiger partial charge is 0.409 e. The normalized spacial score (nSPS) is 13.9. The van der Waals surface area contributed by atoms with Gasteiger partial charge in [-0.1, -0.05) is 38.1 Å². The Morgan fingerprint density at radius 1 is 1.39 bits per heavy atom. The van der Waals surface area contributed by atoms with Gasteiger partial charge in [0, 0.05) is 16.6 Å². The summed E-state index contributed by atoms with van der Waals surface area (Å²) in [4.78, 5) is 0. The first-order valence-corrected chi connectivity index (χ1v) is 7.19. The molecule has 0 aliphatic rings. The van der Waals surface area contributed by atoms with E-state index in [1.54, 1.807) is 0 Å². The number of nitrogens with zero attached hydrogens (tertiary/aromatic N) is 1. The van der Waals surface area contributed by atoms with Gasteiger partial charge in [-0.05, 0) is 30.0 Å². The first kappa shape index (κ1) is 14.9. The number of amidine groups is 1. The van der Waals surface area contributed by atoms with E-state index in [1.807, 2.05) is 23.9 Å². The fraction of sp³-hybridized carbons (Fsp3) is 0.500. The second kappa shape index (κ2) is 6.69. The zero-order valence-electron chi connectivity index (χ0n) is 11.5. The molecule has 1 aromatic rings. The van der Waals surface area contributed by atoms with Crippen molar-refractivity contribution in [2.75, 3.05) is 0 Å². The third-order valence-electron chi connectivity index (χ3n) is 3.19. The Morgan fingerprint density at radius 2 is 2.06 bits per heavy atom. The lowest BCUT2D eigenvalue weighted by molar-refractivity contribution is 0.318. The van der Waals surface area contributed by atoms with Crippen LogP contribution < -0.4 is 5.73 Å². The van der Waals surface area contributed by atoms with Gasteiger partial charge in [-0.25, -0.2) is 0 Å². The van der Waals surface area contributed by atoms with E-state index in [4.69, 9.17) is 10.9 Å². The summed E-state index contributed by atoms with van der Waals surface area (Å²) in [5.41, 5.74) is 8.82. The second-order valence-corrected chi connectivity index (χ2v) is 6.25. The maximum absolute atomic E-state index is 8.64. The number of nitrogens with two attached hydrogens (primary N) is 1. The van der Waals surface area contributed by atoms with Crippen LogP contribution in [0.3, 0.4) is 0 Å². The highest BCUT2D eigenvalue weighted by Crippen LogP contribution is 2.25. The fourth-order valence-electron chi connectivity index (χ4n) is 1.49. The Labute approximate surface area is 113 Å². The predicted octanol–water partition coefficient (Wildman–Crippen LogP) is 3.37. The molecule has 0 aliphatic heterocycles. The average molecular weight is 266 g/mol. The van der Waals surface area contributed by atoms with Crippen molar-refractivity contribution in [3.63, 3.8) is 0 Å². The standard InChI is InChI=1S/C14H22N2OS/c1-9(2)11(4)18-8-13-6-5-12(7-10(13)3)14(15)16-17/h5-7,9,11,17H,8H2,1-4H3,(H2,15,16). The summed E-state index contributed by atoms with van der Waals surface area (Å²) in [7, 11) is 0. The van der Waals surface area contributed by atoms with Crippen molar-refractivity contribution in [2.24, 2.45) is 16.8 Å². The lowest BCUT2D eigenvalue weighted by Gasteiger charge is -2.16. The molecule has 1 unspecified atom stereocenters. The van der Waals surface area contributed by atoms with Crippen LogP contribution in [0.25, 0.3) is 0 Å². The third-order valence-corrected chi connectivity index (χ3v) is 4.73. The molecule has 1 atom stereocenters. The predicted molar refractivity (Wildman–Crippen MR) is 79.3 cm³/mol. The van der Waals surface area contributed by atoms with E-state index in [-0.39, 0.29) is 5.84 Å². The molecule has 0 aromatic heterocycles. The second-order valence-electron chi connectivity index (χ2n) is 4.89. The van der Waals surface area contributed by atoms with E-state index >= 15 is 0 Å². The Hall–Kier alpha value is -1.16. The van der Waals surface area contributed by atoms with Gasteiger partial charge in [0.25, 0.3) is 0 Å². The van der Waals surface area contributed by atoms with Crippen LogP contribution in [0, 0.1) is 12.8 Å².